The van der Waals surface area contributed by atoms with Gasteiger partial charge in [-0.25, -0.2) is 0 Å². The van der Waals surface area contributed by atoms with Crippen molar-refractivity contribution < 1.29 is 28.9 Å². The molecule has 4 saturated carbocycles. The van der Waals surface area contributed by atoms with E-state index in [9.17, 15) is 14.7 Å². The molecule has 0 aromatic rings. The van der Waals surface area contributed by atoms with Gasteiger partial charge in [0, 0.05) is 31.3 Å². The number of Topliss-reactive ketones (excluding diaryl/α,β-unsaturated/α-hetero) is 1. The van der Waals surface area contributed by atoms with Crippen molar-refractivity contribution in [3.05, 3.63) is 0 Å². The number of ether oxygens (including phenoxy) is 3. The van der Waals surface area contributed by atoms with E-state index < -0.39 is 0 Å². The largest absolute Gasteiger partial charge is 0.469 e. The predicted octanol–water partition coefficient (Wildman–Crippen LogP) is 5.30. The number of aliphatic hydroxyl groups excluding tert-OH is 1. The number of hydrogen-bond acceptors (Lipinski definition) is 6. The first-order valence-corrected chi connectivity index (χ1v) is 14.7. The second kappa shape index (κ2) is 10.3. The molecule has 5 aliphatic rings. The molecular weight excluding hydrogens is 456 g/mol. The molecular formula is C30H48O6. The lowest BCUT2D eigenvalue weighted by Crippen LogP contribution is -2.63. The van der Waals surface area contributed by atoms with Crippen molar-refractivity contribution in [2.24, 2.45) is 46.3 Å². The van der Waals surface area contributed by atoms with E-state index in [0.29, 0.717) is 48.7 Å². The third-order valence-corrected chi connectivity index (χ3v) is 11.8. The number of rotatable bonds is 6. The van der Waals surface area contributed by atoms with Crippen LogP contribution in [0.3, 0.4) is 0 Å². The Morgan fingerprint density at radius 2 is 1.97 bits per heavy atom. The summed E-state index contributed by atoms with van der Waals surface area (Å²) >= 11 is 0. The monoisotopic (exact) mass is 504 g/mol. The third kappa shape index (κ3) is 4.47. The first-order chi connectivity index (χ1) is 17.2. The summed E-state index contributed by atoms with van der Waals surface area (Å²) < 4.78 is 18.0. The SMILES string of the molecule is COC(=O)CCC(C)C1CCC2C3C(C[C@H](OC4CCCCO4)[C@]12C)[C@@]1(C)CCC(=O)CC1C[C@H]3O. The van der Waals surface area contributed by atoms with Gasteiger partial charge in [-0.15, -0.1) is 0 Å². The topological polar surface area (TPSA) is 82.1 Å². The van der Waals surface area contributed by atoms with Crippen LogP contribution in [-0.4, -0.2) is 49.1 Å². The lowest BCUT2D eigenvalue weighted by molar-refractivity contribution is -0.264. The molecule has 11 atom stereocenters. The highest BCUT2D eigenvalue weighted by Gasteiger charge is 2.66. The Balaban J connectivity index is 1.46. The highest BCUT2D eigenvalue weighted by atomic mass is 16.7. The van der Waals surface area contributed by atoms with Crippen molar-refractivity contribution >= 4 is 11.8 Å². The molecule has 1 aliphatic heterocycles. The summed E-state index contributed by atoms with van der Waals surface area (Å²) in [5.41, 5.74) is 0.0227. The van der Waals surface area contributed by atoms with Gasteiger partial charge in [0.25, 0.3) is 0 Å². The number of hydrogen-bond donors (Lipinski definition) is 1. The molecule has 7 unspecified atom stereocenters. The fraction of sp³-hybridized carbons (Fsp3) is 0.933. The molecule has 5 rings (SSSR count). The van der Waals surface area contributed by atoms with Crippen LogP contribution in [0.25, 0.3) is 0 Å². The summed E-state index contributed by atoms with van der Waals surface area (Å²) in [5, 5.41) is 11.6. The quantitative estimate of drug-likeness (QED) is 0.391. The molecule has 36 heavy (non-hydrogen) atoms. The summed E-state index contributed by atoms with van der Waals surface area (Å²) in [4.78, 5) is 24.3. The molecule has 0 radical (unpaired) electrons. The fourth-order valence-electron chi connectivity index (χ4n) is 9.77. The van der Waals surface area contributed by atoms with Gasteiger partial charge in [-0.05, 0) is 98.7 Å². The van der Waals surface area contributed by atoms with E-state index >= 15 is 0 Å². The Morgan fingerprint density at radius 1 is 1.17 bits per heavy atom. The molecule has 5 fully saturated rings. The molecule has 204 valence electrons. The van der Waals surface area contributed by atoms with Gasteiger partial charge >= 0.3 is 5.97 Å². The second-order valence-electron chi connectivity index (χ2n) is 13.3. The second-order valence-corrected chi connectivity index (χ2v) is 13.3. The molecule has 1 saturated heterocycles. The van der Waals surface area contributed by atoms with E-state index in [2.05, 4.69) is 20.8 Å². The summed E-state index contributed by atoms with van der Waals surface area (Å²) in [7, 11) is 1.46. The van der Waals surface area contributed by atoms with Gasteiger partial charge in [-0.3, -0.25) is 9.59 Å². The lowest BCUT2D eigenvalue weighted by atomic mass is 9.43. The van der Waals surface area contributed by atoms with E-state index in [1.54, 1.807) is 0 Å². The van der Waals surface area contributed by atoms with Crippen LogP contribution in [0.5, 0.6) is 0 Å². The van der Waals surface area contributed by atoms with Crippen LogP contribution in [0, 0.1) is 46.3 Å². The minimum Gasteiger partial charge on any atom is -0.469 e. The number of aliphatic hydroxyl groups is 1. The van der Waals surface area contributed by atoms with Gasteiger partial charge in [0.05, 0.1) is 19.3 Å². The smallest absolute Gasteiger partial charge is 0.305 e. The third-order valence-electron chi connectivity index (χ3n) is 11.8. The molecule has 6 nitrogen and oxygen atoms in total. The van der Waals surface area contributed by atoms with Crippen molar-refractivity contribution in [1.82, 2.24) is 0 Å². The van der Waals surface area contributed by atoms with Crippen molar-refractivity contribution in [3.8, 4) is 0 Å². The zero-order chi connectivity index (χ0) is 25.7. The van der Waals surface area contributed by atoms with Crippen LogP contribution >= 0.6 is 0 Å². The normalized spacial score (nSPS) is 47.4. The van der Waals surface area contributed by atoms with Gasteiger partial charge < -0.3 is 19.3 Å². The van der Waals surface area contributed by atoms with Crippen LogP contribution < -0.4 is 0 Å². The highest BCUT2D eigenvalue weighted by molar-refractivity contribution is 5.79. The summed E-state index contributed by atoms with van der Waals surface area (Å²) in [6.45, 7) is 7.90. The molecule has 0 bridgehead atoms. The lowest BCUT2D eigenvalue weighted by Gasteiger charge is -2.64. The predicted molar refractivity (Wildman–Crippen MR) is 136 cm³/mol. The van der Waals surface area contributed by atoms with Crippen LogP contribution in [-0.2, 0) is 23.8 Å². The zero-order valence-electron chi connectivity index (χ0n) is 22.9. The Labute approximate surface area is 217 Å². The van der Waals surface area contributed by atoms with Gasteiger partial charge in [0.2, 0.25) is 0 Å². The molecule has 1 N–H and O–H groups in total. The zero-order valence-corrected chi connectivity index (χ0v) is 22.9. The van der Waals surface area contributed by atoms with Gasteiger partial charge in [0.1, 0.15) is 5.78 Å². The number of methoxy groups -OCH3 is 1. The Morgan fingerprint density at radius 3 is 2.69 bits per heavy atom. The number of esters is 1. The number of carbonyl (C=O) groups is 2. The summed E-state index contributed by atoms with van der Waals surface area (Å²) in [6, 6.07) is 0. The molecule has 0 aromatic heterocycles. The first-order valence-electron chi connectivity index (χ1n) is 14.7. The van der Waals surface area contributed by atoms with Crippen LogP contribution in [0.2, 0.25) is 0 Å². The average molecular weight is 505 g/mol. The Kier molecular flexibility index (Phi) is 7.61. The van der Waals surface area contributed by atoms with Crippen molar-refractivity contribution in [2.75, 3.05) is 13.7 Å². The van der Waals surface area contributed by atoms with Gasteiger partial charge in [-0.2, -0.15) is 0 Å². The van der Waals surface area contributed by atoms with Gasteiger partial charge in [-0.1, -0.05) is 20.8 Å². The average Bonchev–Trinajstić information content (AvgIpc) is 3.22. The molecule has 0 spiro atoms. The maximum Gasteiger partial charge on any atom is 0.305 e. The Bertz CT molecular complexity index is 822. The molecule has 0 aromatic carbocycles. The van der Waals surface area contributed by atoms with E-state index in [1.165, 1.54) is 7.11 Å². The van der Waals surface area contributed by atoms with Crippen LogP contribution in [0.4, 0.5) is 0 Å². The van der Waals surface area contributed by atoms with E-state index in [-0.39, 0.29) is 47.1 Å². The molecule has 0 amide bonds. The number of carbonyl (C=O) groups excluding carboxylic acids is 2. The first kappa shape index (κ1) is 26.6. The van der Waals surface area contributed by atoms with Crippen LogP contribution in [0.1, 0.15) is 97.8 Å². The molecule has 6 heteroatoms. The Hall–Kier alpha value is -0.980. The van der Waals surface area contributed by atoms with Gasteiger partial charge in [0.15, 0.2) is 6.29 Å². The van der Waals surface area contributed by atoms with Crippen molar-refractivity contribution in [2.45, 2.75) is 116 Å². The van der Waals surface area contributed by atoms with E-state index in [0.717, 1.165) is 64.4 Å². The summed E-state index contributed by atoms with van der Waals surface area (Å²) in [5.74, 6) is 2.35. The fourth-order valence-corrected chi connectivity index (χ4v) is 9.77. The molecule has 4 aliphatic carbocycles. The maximum atomic E-state index is 12.4. The van der Waals surface area contributed by atoms with E-state index in [1.807, 2.05) is 0 Å². The minimum atomic E-state index is -0.348. The van der Waals surface area contributed by atoms with E-state index in [4.69, 9.17) is 14.2 Å². The van der Waals surface area contributed by atoms with Crippen molar-refractivity contribution in [3.63, 3.8) is 0 Å². The molecule has 1 heterocycles. The summed E-state index contributed by atoms with van der Waals surface area (Å²) in [6.07, 6.45) is 10.2. The van der Waals surface area contributed by atoms with Crippen molar-refractivity contribution in [1.29, 1.82) is 0 Å². The number of fused-ring (bicyclic) bond motifs is 5. The minimum absolute atomic E-state index is 0.0633. The highest BCUT2D eigenvalue weighted by Crippen LogP contribution is 2.69. The standard InChI is InChI=1S/C30H48O6/c1-18(8-11-26(33)34-4)21-9-10-22-28-23(29(2)13-12-20(31)15-19(29)16-24(28)32)17-25(30(21,22)3)36-27-7-5-6-14-35-27/h18-19,21-25,27-28,32H,5-17H2,1-4H3/t18?,19?,21?,22?,23?,24-,25+,27?,28?,29+,30-/m1/s1. The number of ketones is 1. The maximum absolute atomic E-state index is 12.4. The van der Waals surface area contributed by atoms with Crippen LogP contribution in [0.15, 0.2) is 0 Å².